The van der Waals surface area contributed by atoms with E-state index in [1.165, 1.54) is 15.6 Å². The number of hydrogen-bond acceptors (Lipinski definition) is 5. The highest BCUT2D eigenvalue weighted by atomic mass is 32.2. The van der Waals surface area contributed by atoms with Gasteiger partial charge in [0.05, 0.1) is 17.1 Å². The predicted octanol–water partition coefficient (Wildman–Crippen LogP) is 2.65. The number of nitrogens with zero attached hydrogens (tertiary/aromatic N) is 1. The van der Waals surface area contributed by atoms with E-state index in [0.717, 1.165) is 11.3 Å². The average Bonchev–Trinajstić information content (AvgIpc) is 3.13. The summed E-state index contributed by atoms with van der Waals surface area (Å²) in [6, 6.07) is 9.85. The molecule has 130 valence electrons. The zero-order valence-corrected chi connectivity index (χ0v) is 15.5. The van der Waals surface area contributed by atoms with Gasteiger partial charge < -0.3 is 0 Å². The Morgan fingerprint density at radius 2 is 2.04 bits per heavy atom. The van der Waals surface area contributed by atoms with Crippen molar-refractivity contribution in [3.8, 4) is 0 Å². The van der Waals surface area contributed by atoms with Crippen LogP contribution in [-0.2, 0) is 26.5 Å². The minimum Gasteiger partial charge on any atom is -0.279 e. The lowest BCUT2D eigenvalue weighted by Gasteiger charge is -2.17. The second-order valence-electron chi connectivity index (χ2n) is 5.47. The van der Waals surface area contributed by atoms with Crippen LogP contribution in [-0.4, -0.2) is 29.1 Å². The summed E-state index contributed by atoms with van der Waals surface area (Å²) in [6.07, 6.45) is 1.36. The second kappa shape index (κ2) is 6.38. The van der Waals surface area contributed by atoms with Gasteiger partial charge in [-0.15, -0.1) is 11.3 Å². The molecule has 1 N–H and O–H groups in total. The van der Waals surface area contributed by atoms with Crippen molar-refractivity contribution in [2.75, 3.05) is 21.3 Å². The summed E-state index contributed by atoms with van der Waals surface area (Å²) >= 11 is 1.23. The number of benzene rings is 1. The molecule has 1 aromatic heterocycles. The van der Waals surface area contributed by atoms with Crippen molar-refractivity contribution in [1.29, 1.82) is 0 Å². The zero-order valence-electron chi connectivity index (χ0n) is 13.1. The molecule has 0 bridgehead atoms. The van der Waals surface area contributed by atoms with Gasteiger partial charge >= 0.3 is 0 Å². The third kappa shape index (κ3) is 3.42. The van der Waals surface area contributed by atoms with Crippen LogP contribution in [0.1, 0.15) is 18.2 Å². The molecule has 2 heterocycles. The lowest BCUT2D eigenvalue weighted by molar-refractivity contribution is 0.599. The Bertz CT molecular complexity index is 949. The van der Waals surface area contributed by atoms with E-state index in [4.69, 9.17) is 0 Å². The molecule has 0 spiro atoms. The summed E-state index contributed by atoms with van der Waals surface area (Å²) in [5.74, 6) is 0.123. The van der Waals surface area contributed by atoms with Crippen molar-refractivity contribution in [3.05, 3.63) is 41.3 Å². The Morgan fingerprint density at radius 1 is 1.25 bits per heavy atom. The zero-order chi connectivity index (χ0) is 17.4. The molecule has 1 aromatic carbocycles. The summed E-state index contributed by atoms with van der Waals surface area (Å²) in [4.78, 5) is 0.993. The highest BCUT2D eigenvalue weighted by Crippen LogP contribution is 2.29. The first kappa shape index (κ1) is 17.2. The lowest BCUT2D eigenvalue weighted by Crippen LogP contribution is -2.25. The van der Waals surface area contributed by atoms with Gasteiger partial charge in [-0.2, -0.15) is 0 Å². The summed E-state index contributed by atoms with van der Waals surface area (Å²) in [7, 11) is -6.97. The number of nitrogens with one attached hydrogen (secondary N) is 1. The van der Waals surface area contributed by atoms with Crippen LogP contribution in [0.5, 0.6) is 0 Å². The molecule has 24 heavy (non-hydrogen) atoms. The molecular formula is C15H18N2O4S3. The van der Waals surface area contributed by atoms with Crippen molar-refractivity contribution >= 4 is 42.8 Å². The van der Waals surface area contributed by atoms with Crippen LogP contribution >= 0.6 is 11.3 Å². The minimum absolute atomic E-state index is 0.123. The standard InChI is InChI=1S/C15H18N2O4S3/c1-2-14-7-8-15(22-14)24(20,21)16-12-5-3-6-13(11-12)17-9-4-10-23(17,18)19/h3,5-8,11,16H,2,4,9-10H2,1H3. The van der Waals surface area contributed by atoms with Crippen LogP contribution in [0.4, 0.5) is 11.4 Å². The third-order valence-electron chi connectivity index (χ3n) is 3.74. The van der Waals surface area contributed by atoms with Crippen LogP contribution in [0.25, 0.3) is 0 Å². The molecule has 6 nitrogen and oxygen atoms in total. The van der Waals surface area contributed by atoms with Gasteiger partial charge in [0.15, 0.2) is 0 Å². The fourth-order valence-corrected chi connectivity index (χ4v) is 6.45. The van der Waals surface area contributed by atoms with Gasteiger partial charge in [-0.1, -0.05) is 13.0 Å². The number of aryl methyl sites for hydroxylation is 1. The van der Waals surface area contributed by atoms with E-state index < -0.39 is 20.0 Å². The van der Waals surface area contributed by atoms with Crippen molar-refractivity contribution < 1.29 is 16.8 Å². The maximum absolute atomic E-state index is 12.5. The van der Waals surface area contributed by atoms with Crippen molar-refractivity contribution in [1.82, 2.24) is 0 Å². The first-order valence-corrected chi connectivity index (χ1v) is 11.4. The topological polar surface area (TPSA) is 83.6 Å². The van der Waals surface area contributed by atoms with Gasteiger partial charge in [0.25, 0.3) is 10.0 Å². The molecule has 1 aliphatic rings. The highest BCUT2D eigenvalue weighted by Gasteiger charge is 2.28. The van der Waals surface area contributed by atoms with E-state index in [9.17, 15) is 16.8 Å². The molecule has 0 radical (unpaired) electrons. The van der Waals surface area contributed by atoms with Crippen LogP contribution in [0.15, 0.2) is 40.6 Å². The van der Waals surface area contributed by atoms with E-state index >= 15 is 0 Å². The first-order chi connectivity index (χ1) is 11.3. The van der Waals surface area contributed by atoms with Crippen LogP contribution < -0.4 is 9.03 Å². The SMILES string of the molecule is CCc1ccc(S(=O)(=O)Nc2cccc(N3CCCS3(=O)=O)c2)s1. The molecule has 1 aliphatic heterocycles. The highest BCUT2D eigenvalue weighted by molar-refractivity contribution is 7.94. The molecule has 0 saturated carbocycles. The lowest BCUT2D eigenvalue weighted by atomic mass is 10.3. The van der Waals surface area contributed by atoms with Gasteiger partial charge in [0.1, 0.15) is 4.21 Å². The van der Waals surface area contributed by atoms with Gasteiger partial charge in [-0.25, -0.2) is 16.8 Å². The Hall–Kier alpha value is -1.58. The Morgan fingerprint density at radius 3 is 2.67 bits per heavy atom. The molecule has 9 heteroatoms. The molecule has 0 aliphatic carbocycles. The van der Waals surface area contributed by atoms with Gasteiger partial charge in [0, 0.05) is 11.4 Å². The number of rotatable bonds is 5. The van der Waals surface area contributed by atoms with Crippen LogP contribution in [0.2, 0.25) is 0 Å². The van der Waals surface area contributed by atoms with Gasteiger partial charge in [-0.3, -0.25) is 9.03 Å². The molecule has 1 saturated heterocycles. The quantitative estimate of drug-likeness (QED) is 0.856. The summed E-state index contributed by atoms with van der Waals surface area (Å²) in [5, 5.41) is 0. The van der Waals surface area contributed by atoms with E-state index in [1.54, 1.807) is 36.4 Å². The van der Waals surface area contributed by atoms with Gasteiger partial charge in [-0.05, 0) is 43.2 Å². The number of thiophene rings is 1. The number of hydrogen-bond donors (Lipinski definition) is 1. The predicted molar refractivity (Wildman–Crippen MR) is 96.7 cm³/mol. The number of sulfonamides is 2. The van der Waals surface area contributed by atoms with Crippen molar-refractivity contribution in [3.63, 3.8) is 0 Å². The maximum atomic E-state index is 12.5. The van der Waals surface area contributed by atoms with E-state index in [2.05, 4.69) is 4.72 Å². The fourth-order valence-electron chi connectivity index (χ4n) is 2.55. The normalized spacial score (nSPS) is 17.1. The summed E-state index contributed by atoms with van der Waals surface area (Å²) < 4.78 is 53.0. The third-order valence-corrected chi connectivity index (χ3v) is 8.71. The van der Waals surface area contributed by atoms with Gasteiger partial charge in [0.2, 0.25) is 10.0 Å². The Kier molecular flexibility index (Phi) is 4.58. The van der Waals surface area contributed by atoms with E-state index in [0.29, 0.717) is 24.3 Å². The fraction of sp³-hybridized carbons (Fsp3) is 0.333. The van der Waals surface area contributed by atoms with E-state index in [-0.39, 0.29) is 9.96 Å². The molecule has 0 unspecified atom stereocenters. The summed E-state index contributed by atoms with van der Waals surface area (Å²) in [6.45, 7) is 2.39. The first-order valence-electron chi connectivity index (χ1n) is 7.54. The monoisotopic (exact) mass is 386 g/mol. The van der Waals surface area contributed by atoms with Crippen molar-refractivity contribution in [2.45, 2.75) is 24.0 Å². The maximum Gasteiger partial charge on any atom is 0.271 e. The Labute approximate surface area is 146 Å². The smallest absolute Gasteiger partial charge is 0.271 e. The van der Waals surface area contributed by atoms with Crippen LogP contribution in [0.3, 0.4) is 0 Å². The van der Waals surface area contributed by atoms with E-state index in [1.807, 2.05) is 6.92 Å². The Balaban J connectivity index is 1.87. The molecule has 0 atom stereocenters. The second-order valence-corrected chi connectivity index (χ2v) is 10.6. The largest absolute Gasteiger partial charge is 0.279 e. The van der Waals surface area contributed by atoms with Crippen molar-refractivity contribution in [2.24, 2.45) is 0 Å². The number of anilines is 2. The minimum atomic E-state index is -3.67. The molecular weight excluding hydrogens is 368 g/mol. The molecule has 0 amide bonds. The molecule has 1 fully saturated rings. The average molecular weight is 387 g/mol. The summed E-state index contributed by atoms with van der Waals surface area (Å²) in [5.41, 5.74) is 0.828. The van der Waals surface area contributed by atoms with Crippen LogP contribution in [0, 0.1) is 0 Å². The molecule has 2 aromatic rings. The molecule has 3 rings (SSSR count).